The molecule has 0 aliphatic carbocycles. The molecule has 0 saturated carbocycles. The normalized spacial score (nSPS) is 10.7. The number of para-hydroxylation sites is 1. The van der Waals surface area contributed by atoms with Crippen LogP contribution >= 0.6 is 0 Å². The lowest BCUT2D eigenvalue weighted by Crippen LogP contribution is -2.08. The van der Waals surface area contributed by atoms with E-state index in [1.165, 1.54) is 12.1 Å². The molecule has 1 aromatic heterocycles. The van der Waals surface area contributed by atoms with E-state index < -0.39 is 5.97 Å². The van der Waals surface area contributed by atoms with Gasteiger partial charge in [0.25, 0.3) is 0 Å². The van der Waals surface area contributed by atoms with Crippen molar-refractivity contribution in [3.8, 4) is 0 Å². The van der Waals surface area contributed by atoms with Gasteiger partial charge in [0.15, 0.2) is 0 Å². The quantitative estimate of drug-likeness (QED) is 0.763. The number of anilines is 2. The molecule has 0 fully saturated rings. The van der Waals surface area contributed by atoms with Crippen LogP contribution in [0, 0.1) is 12.7 Å². The van der Waals surface area contributed by atoms with Gasteiger partial charge in [-0.2, -0.15) is 0 Å². The van der Waals surface area contributed by atoms with Crippen molar-refractivity contribution in [2.75, 3.05) is 5.32 Å². The molecule has 0 unspecified atom stereocenters. The van der Waals surface area contributed by atoms with Gasteiger partial charge in [0.1, 0.15) is 5.82 Å². The summed E-state index contributed by atoms with van der Waals surface area (Å²) in [4.78, 5) is 15.7. The average molecular weight is 310 g/mol. The van der Waals surface area contributed by atoms with Crippen LogP contribution in [-0.4, -0.2) is 16.1 Å². The molecule has 0 amide bonds. The lowest BCUT2D eigenvalue weighted by molar-refractivity contribution is -0.136. The average Bonchev–Trinajstić information content (AvgIpc) is 2.50. The molecule has 23 heavy (non-hydrogen) atoms. The zero-order chi connectivity index (χ0) is 16.4. The summed E-state index contributed by atoms with van der Waals surface area (Å²) in [5, 5.41) is 13.1. The van der Waals surface area contributed by atoms with Gasteiger partial charge in [-0.3, -0.25) is 9.78 Å². The number of nitrogens with zero attached hydrogens (tertiary/aromatic N) is 1. The summed E-state index contributed by atoms with van der Waals surface area (Å²) in [6.07, 6.45) is -0.151. The molecule has 0 radical (unpaired) electrons. The van der Waals surface area contributed by atoms with Gasteiger partial charge in [-0.1, -0.05) is 24.3 Å². The highest BCUT2D eigenvalue weighted by molar-refractivity contribution is 5.96. The molecule has 4 nitrogen and oxygen atoms in total. The van der Waals surface area contributed by atoms with Crippen molar-refractivity contribution in [1.82, 2.24) is 4.98 Å². The Morgan fingerprint density at radius 2 is 2.00 bits per heavy atom. The minimum absolute atomic E-state index is 0.151. The van der Waals surface area contributed by atoms with Crippen LogP contribution in [0.15, 0.2) is 48.5 Å². The number of rotatable bonds is 4. The molecule has 0 aliphatic rings. The fourth-order valence-electron chi connectivity index (χ4n) is 2.60. The molecule has 2 N–H and O–H groups in total. The van der Waals surface area contributed by atoms with Crippen LogP contribution in [0.2, 0.25) is 0 Å². The van der Waals surface area contributed by atoms with E-state index >= 15 is 0 Å². The first kappa shape index (κ1) is 15.0. The summed E-state index contributed by atoms with van der Waals surface area (Å²) in [5.41, 5.74) is 3.22. The maximum absolute atomic E-state index is 13.4. The Labute approximate surface area is 132 Å². The largest absolute Gasteiger partial charge is 0.481 e. The zero-order valence-corrected chi connectivity index (χ0v) is 12.5. The van der Waals surface area contributed by atoms with Gasteiger partial charge < -0.3 is 10.4 Å². The van der Waals surface area contributed by atoms with Crippen LogP contribution in [-0.2, 0) is 11.2 Å². The molecular weight excluding hydrogens is 295 g/mol. The van der Waals surface area contributed by atoms with Crippen LogP contribution < -0.4 is 5.32 Å². The zero-order valence-electron chi connectivity index (χ0n) is 12.5. The molecule has 3 aromatic rings. The molecule has 5 heteroatoms. The Bertz CT molecular complexity index is 893. The third-order valence-electron chi connectivity index (χ3n) is 3.62. The van der Waals surface area contributed by atoms with E-state index in [2.05, 4.69) is 10.3 Å². The molecule has 0 saturated heterocycles. The van der Waals surface area contributed by atoms with Crippen LogP contribution in [0.4, 0.5) is 15.8 Å². The number of aromatic nitrogens is 1. The first-order chi connectivity index (χ1) is 11.0. The van der Waals surface area contributed by atoms with Crippen molar-refractivity contribution in [3.05, 3.63) is 65.6 Å². The summed E-state index contributed by atoms with van der Waals surface area (Å²) >= 11 is 0. The first-order valence-corrected chi connectivity index (χ1v) is 7.17. The fraction of sp³-hybridized carbons (Fsp3) is 0.111. The highest BCUT2D eigenvalue weighted by atomic mass is 19.1. The summed E-state index contributed by atoms with van der Waals surface area (Å²) in [6.45, 7) is 1.78. The van der Waals surface area contributed by atoms with Gasteiger partial charge in [0.2, 0.25) is 0 Å². The number of carboxylic acids is 1. The Morgan fingerprint density at radius 3 is 2.74 bits per heavy atom. The van der Waals surface area contributed by atoms with E-state index in [1.807, 2.05) is 24.3 Å². The highest BCUT2D eigenvalue weighted by Crippen LogP contribution is 2.31. The molecule has 0 aliphatic heterocycles. The summed E-state index contributed by atoms with van der Waals surface area (Å²) in [6, 6.07) is 13.5. The number of carboxylic acid groups (broad SMARTS) is 1. The topological polar surface area (TPSA) is 62.2 Å². The number of benzene rings is 2. The van der Waals surface area contributed by atoms with Gasteiger partial charge in [-0.25, -0.2) is 4.39 Å². The van der Waals surface area contributed by atoms with Crippen molar-refractivity contribution < 1.29 is 14.3 Å². The van der Waals surface area contributed by atoms with Crippen molar-refractivity contribution in [2.24, 2.45) is 0 Å². The number of aryl methyl sites for hydroxylation is 1. The summed E-state index contributed by atoms with van der Waals surface area (Å²) < 4.78 is 13.4. The smallest absolute Gasteiger partial charge is 0.307 e. The van der Waals surface area contributed by atoms with E-state index in [4.69, 9.17) is 0 Å². The second kappa shape index (κ2) is 6.04. The van der Waals surface area contributed by atoms with E-state index in [0.29, 0.717) is 22.6 Å². The molecule has 116 valence electrons. The van der Waals surface area contributed by atoms with E-state index in [-0.39, 0.29) is 12.2 Å². The van der Waals surface area contributed by atoms with E-state index in [0.717, 1.165) is 10.9 Å². The van der Waals surface area contributed by atoms with Gasteiger partial charge in [-0.05, 0) is 31.2 Å². The number of aliphatic carboxylic acids is 1. The highest BCUT2D eigenvalue weighted by Gasteiger charge is 2.15. The second-order valence-electron chi connectivity index (χ2n) is 5.27. The van der Waals surface area contributed by atoms with E-state index in [9.17, 15) is 14.3 Å². The minimum atomic E-state index is -0.938. The number of halogens is 1. The SMILES string of the molecule is Cc1nc2ccccc2c(Nc2cccc(F)c2)c1CC(=O)O. The molecule has 2 aromatic carbocycles. The molecular formula is C18H15FN2O2. The number of carbonyl (C=O) groups is 1. The van der Waals surface area contributed by atoms with Gasteiger partial charge in [0, 0.05) is 22.3 Å². The number of fused-ring (bicyclic) bond motifs is 1. The third-order valence-corrected chi connectivity index (χ3v) is 3.62. The Balaban J connectivity index is 2.20. The number of nitrogens with one attached hydrogen (secondary N) is 1. The maximum atomic E-state index is 13.4. The molecule has 0 bridgehead atoms. The van der Waals surface area contributed by atoms with Crippen molar-refractivity contribution >= 4 is 28.2 Å². The van der Waals surface area contributed by atoms with Crippen LogP contribution in [0.25, 0.3) is 10.9 Å². The van der Waals surface area contributed by atoms with Crippen molar-refractivity contribution in [2.45, 2.75) is 13.3 Å². The molecule has 0 atom stereocenters. The first-order valence-electron chi connectivity index (χ1n) is 7.17. The van der Waals surface area contributed by atoms with Gasteiger partial charge in [-0.15, -0.1) is 0 Å². The van der Waals surface area contributed by atoms with Gasteiger partial charge >= 0.3 is 5.97 Å². The predicted octanol–water partition coefficient (Wildman–Crippen LogP) is 4.05. The predicted molar refractivity (Wildman–Crippen MR) is 87.5 cm³/mol. The number of hydrogen-bond donors (Lipinski definition) is 2. The second-order valence-corrected chi connectivity index (χ2v) is 5.27. The van der Waals surface area contributed by atoms with Crippen molar-refractivity contribution in [1.29, 1.82) is 0 Å². The monoisotopic (exact) mass is 310 g/mol. The maximum Gasteiger partial charge on any atom is 0.307 e. The summed E-state index contributed by atoms with van der Waals surface area (Å²) in [5.74, 6) is -1.29. The number of hydrogen-bond acceptors (Lipinski definition) is 3. The molecule has 0 spiro atoms. The van der Waals surface area contributed by atoms with Crippen LogP contribution in [0.5, 0.6) is 0 Å². The Morgan fingerprint density at radius 1 is 1.22 bits per heavy atom. The van der Waals surface area contributed by atoms with Crippen molar-refractivity contribution in [3.63, 3.8) is 0 Å². The fourth-order valence-corrected chi connectivity index (χ4v) is 2.60. The third kappa shape index (κ3) is 3.13. The lowest BCUT2D eigenvalue weighted by atomic mass is 10.0. The minimum Gasteiger partial charge on any atom is -0.481 e. The molecule has 3 rings (SSSR count). The standard InChI is InChI=1S/C18H15FN2O2/c1-11-15(10-17(22)23)18(14-7-2-3-8-16(14)20-11)21-13-6-4-5-12(19)9-13/h2-9H,10H2,1H3,(H,20,21)(H,22,23). The Kier molecular flexibility index (Phi) is 3.93. The Hall–Kier alpha value is -2.95. The lowest BCUT2D eigenvalue weighted by Gasteiger charge is -2.16. The summed E-state index contributed by atoms with van der Waals surface area (Å²) in [7, 11) is 0. The van der Waals surface area contributed by atoms with Crippen LogP contribution in [0.1, 0.15) is 11.3 Å². The number of pyridine rings is 1. The van der Waals surface area contributed by atoms with E-state index in [1.54, 1.807) is 19.1 Å². The van der Waals surface area contributed by atoms with Gasteiger partial charge in [0.05, 0.1) is 17.6 Å². The molecule has 1 heterocycles. The van der Waals surface area contributed by atoms with Crippen LogP contribution in [0.3, 0.4) is 0 Å².